The van der Waals surface area contributed by atoms with E-state index in [4.69, 9.17) is 47.4 Å². The lowest BCUT2D eigenvalue weighted by molar-refractivity contribution is -0.154. The molecule has 1 heterocycles. The van der Waals surface area contributed by atoms with Crippen molar-refractivity contribution in [2.24, 2.45) is 23.7 Å². The summed E-state index contributed by atoms with van der Waals surface area (Å²) in [5.41, 5.74) is 1.66. The van der Waals surface area contributed by atoms with Gasteiger partial charge in [0.25, 0.3) is 0 Å². The zero-order valence-corrected chi connectivity index (χ0v) is 50.5. The summed E-state index contributed by atoms with van der Waals surface area (Å²) in [7, 11) is 0. The van der Waals surface area contributed by atoms with Gasteiger partial charge in [0.2, 0.25) is 0 Å². The number of carbonyl (C=O) groups is 10. The normalized spacial score (nSPS) is 17.2. The summed E-state index contributed by atoms with van der Waals surface area (Å²) in [4.78, 5) is 125. The number of thioether (sulfide) groups is 2. The van der Waals surface area contributed by atoms with Crippen LogP contribution in [0.15, 0.2) is 106 Å². The van der Waals surface area contributed by atoms with Gasteiger partial charge in [-0.25, -0.2) is 9.59 Å². The molecule has 466 valence electrons. The van der Waals surface area contributed by atoms with Crippen molar-refractivity contribution < 1.29 is 95.3 Å². The summed E-state index contributed by atoms with van der Waals surface area (Å²) in [5, 5.41) is 19.4. The third kappa shape index (κ3) is 22.2. The smallest absolute Gasteiger partial charge is 0.330 e. The molecule has 2 atom stereocenters. The van der Waals surface area contributed by atoms with Crippen molar-refractivity contribution in [2.75, 3.05) is 26.4 Å². The van der Waals surface area contributed by atoms with Crippen molar-refractivity contribution in [1.29, 1.82) is 10.5 Å². The molecule has 2 aliphatic carbocycles. The molecule has 2 saturated carbocycles. The second-order valence-electron chi connectivity index (χ2n) is 20.7. The van der Waals surface area contributed by atoms with Crippen LogP contribution in [0.4, 0.5) is 0 Å². The molecule has 0 spiro atoms. The minimum Gasteiger partial charge on any atom is -0.463 e. The Labute approximate surface area is 517 Å². The summed E-state index contributed by atoms with van der Waals surface area (Å²) in [5.74, 6) is -6.55. The Morgan fingerprint density at radius 1 is 0.477 bits per heavy atom. The van der Waals surface area contributed by atoms with E-state index in [0.717, 1.165) is 46.8 Å². The number of benzene rings is 3. The number of esters is 10. The van der Waals surface area contributed by atoms with Gasteiger partial charge >= 0.3 is 59.7 Å². The summed E-state index contributed by atoms with van der Waals surface area (Å²) in [6, 6.07) is 20.7. The second kappa shape index (κ2) is 35.2. The van der Waals surface area contributed by atoms with Crippen LogP contribution in [-0.4, -0.2) is 98.3 Å². The van der Waals surface area contributed by atoms with Crippen LogP contribution >= 0.6 is 23.5 Å². The van der Waals surface area contributed by atoms with Crippen LogP contribution in [0.25, 0.3) is 0 Å². The first kappa shape index (κ1) is 68.4. The monoisotopic (exact) mass is 1250 g/mol. The number of fused-ring (bicyclic) bond motifs is 1. The zero-order valence-electron chi connectivity index (χ0n) is 48.8. The van der Waals surface area contributed by atoms with Gasteiger partial charge in [0.05, 0.1) is 75.6 Å². The molecule has 0 radical (unpaired) electrons. The molecule has 3 aliphatic rings. The molecule has 2 unspecified atom stereocenters. The van der Waals surface area contributed by atoms with Crippen molar-refractivity contribution in [3.63, 3.8) is 0 Å². The highest BCUT2D eigenvalue weighted by atomic mass is 32.2. The molecule has 0 bridgehead atoms. The molecule has 3 aromatic rings. The predicted octanol–water partition coefficient (Wildman–Crippen LogP) is 9.61. The maximum atomic E-state index is 13.7. The van der Waals surface area contributed by atoms with E-state index in [1.165, 1.54) is 12.1 Å². The van der Waals surface area contributed by atoms with Crippen molar-refractivity contribution in [1.82, 2.24) is 0 Å². The van der Waals surface area contributed by atoms with Crippen LogP contribution in [0.3, 0.4) is 0 Å². The van der Waals surface area contributed by atoms with Crippen molar-refractivity contribution in [3.05, 3.63) is 107 Å². The molecule has 0 aromatic heterocycles. The molecule has 22 nitrogen and oxygen atoms in total. The standard InChI is InChI=1S/C64H68N2O20S2/c1-5-52(67)77-33-35-79-54(69)29-31-56(71)81-39(3)7-9-41-11-23-48(24-12-41)83-60(73)43-15-19-45(20-16-43)62(75)85-50-27-28-51(59-58(50)87-64(88-59)47(37-65)38-66)86-63(76)46-21-17-44(18-22-46)61(74)84-49-25-13-42(14-26-49)10-8-40(4)82-57(72)32-30-55(70)80-36-34-78-53(68)6-2/h5-6,11-14,23-28,39-40,43-46H,1-2,7-10,15-22,29-36H2,3-4H3/t39?,40?,43-,44-,45-,46-. The minimum atomic E-state index is -0.638. The van der Waals surface area contributed by atoms with Crippen molar-refractivity contribution >= 4 is 83.2 Å². The molecule has 6 rings (SSSR count). The van der Waals surface area contributed by atoms with Gasteiger partial charge in [-0.15, -0.1) is 0 Å². The molecule has 2 fully saturated rings. The number of ether oxygens (including phenoxy) is 10. The Hall–Kier alpha value is -8.74. The fourth-order valence-corrected chi connectivity index (χ4v) is 11.8. The first-order valence-corrected chi connectivity index (χ1v) is 30.4. The number of allylic oxidation sites excluding steroid dienone is 1. The number of rotatable bonds is 30. The molecule has 24 heteroatoms. The Bertz CT molecular complexity index is 2960. The largest absolute Gasteiger partial charge is 0.463 e. The second-order valence-corrected chi connectivity index (χ2v) is 23.0. The summed E-state index contributed by atoms with van der Waals surface area (Å²) >= 11 is 2.11. The van der Waals surface area contributed by atoms with Crippen molar-refractivity contribution in [3.8, 4) is 35.1 Å². The van der Waals surface area contributed by atoms with Gasteiger partial charge in [-0.1, -0.05) is 60.9 Å². The Kier molecular flexibility index (Phi) is 27.3. The van der Waals surface area contributed by atoms with Crippen LogP contribution < -0.4 is 18.9 Å². The van der Waals surface area contributed by atoms with E-state index < -0.39 is 95.6 Å². The first-order chi connectivity index (χ1) is 42.3. The lowest BCUT2D eigenvalue weighted by atomic mass is 9.82. The number of hydrogen-bond acceptors (Lipinski definition) is 24. The number of nitrogens with zero attached hydrogens (tertiary/aromatic N) is 2. The number of hydrogen-bond donors (Lipinski definition) is 0. The van der Waals surface area contributed by atoms with E-state index in [1.807, 2.05) is 12.1 Å². The molecule has 0 saturated heterocycles. The Balaban J connectivity index is 0.899. The molecular formula is C64H68N2O20S2. The lowest BCUT2D eigenvalue weighted by Gasteiger charge is -2.26. The van der Waals surface area contributed by atoms with Gasteiger partial charge in [-0.3, -0.25) is 38.4 Å². The molecule has 3 aromatic carbocycles. The van der Waals surface area contributed by atoms with Crippen LogP contribution in [0.1, 0.15) is 115 Å². The van der Waals surface area contributed by atoms with Gasteiger partial charge in [0.1, 0.15) is 67.1 Å². The van der Waals surface area contributed by atoms with E-state index in [2.05, 4.69) is 13.2 Å². The molecule has 0 amide bonds. The SMILES string of the molecule is C=CC(=O)OCCOC(=O)CCC(=O)OC(C)CCc1ccc(OC(=O)[C@H]2CC[C@H](C(=O)Oc3ccc(OC(=O)[C@H]4CC[C@H](C(=O)Oc5ccc(CCC(C)OC(=O)CCC(=O)OCCOC(=O)C=C)cc5)CC4)c4c3SC(=C(C#N)C#N)S4)CC2)cc1. The number of nitriles is 2. The highest BCUT2D eigenvalue weighted by molar-refractivity contribution is 8.24. The number of carbonyl (C=O) groups excluding carboxylic acids is 10. The van der Waals surface area contributed by atoms with Crippen LogP contribution in [0, 0.1) is 46.3 Å². The third-order valence-corrected chi connectivity index (χ3v) is 16.9. The van der Waals surface area contributed by atoms with Gasteiger partial charge in [-0.2, -0.15) is 10.5 Å². The lowest BCUT2D eigenvalue weighted by Crippen LogP contribution is -2.30. The van der Waals surface area contributed by atoms with Gasteiger partial charge in [-0.05, 0) is 138 Å². The van der Waals surface area contributed by atoms with Crippen LogP contribution in [0.2, 0.25) is 0 Å². The van der Waals surface area contributed by atoms with E-state index >= 15 is 0 Å². The zero-order chi connectivity index (χ0) is 63.5. The van der Waals surface area contributed by atoms with E-state index in [9.17, 15) is 58.5 Å². The fraction of sp³-hybridized carbons (Fsp3) is 0.438. The topological polar surface area (TPSA) is 311 Å². The van der Waals surface area contributed by atoms with Crippen LogP contribution in [0.5, 0.6) is 23.0 Å². The van der Waals surface area contributed by atoms with Crippen LogP contribution in [-0.2, 0) is 89.2 Å². The predicted molar refractivity (Wildman–Crippen MR) is 313 cm³/mol. The van der Waals surface area contributed by atoms with E-state index in [0.29, 0.717) is 103 Å². The Morgan fingerprint density at radius 3 is 1.12 bits per heavy atom. The van der Waals surface area contributed by atoms with E-state index in [1.54, 1.807) is 62.4 Å². The highest BCUT2D eigenvalue weighted by Gasteiger charge is 2.37. The minimum absolute atomic E-state index is 0.125. The highest BCUT2D eigenvalue weighted by Crippen LogP contribution is 2.59. The average Bonchev–Trinajstić information content (AvgIpc) is 1.90. The summed E-state index contributed by atoms with van der Waals surface area (Å²) in [6.07, 6.45) is 5.37. The quantitative estimate of drug-likeness (QED) is 0.0150. The summed E-state index contributed by atoms with van der Waals surface area (Å²) in [6.45, 7) is 9.48. The molecule has 88 heavy (non-hydrogen) atoms. The van der Waals surface area contributed by atoms with Gasteiger partial charge in [0.15, 0.2) is 0 Å². The maximum Gasteiger partial charge on any atom is 0.330 e. The molecule has 1 aliphatic heterocycles. The van der Waals surface area contributed by atoms with Crippen molar-refractivity contribution in [2.45, 2.75) is 139 Å². The average molecular weight is 1250 g/mol. The third-order valence-electron chi connectivity index (χ3n) is 14.3. The van der Waals surface area contributed by atoms with E-state index in [-0.39, 0.29) is 69.2 Å². The Morgan fingerprint density at radius 2 is 0.795 bits per heavy atom. The fourth-order valence-electron chi connectivity index (χ4n) is 9.36. The molecule has 0 N–H and O–H groups in total. The first-order valence-electron chi connectivity index (χ1n) is 28.7. The molecular weight excluding hydrogens is 1180 g/mol. The summed E-state index contributed by atoms with van der Waals surface area (Å²) < 4.78 is 53.8. The van der Waals surface area contributed by atoms with Gasteiger partial charge < -0.3 is 47.4 Å². The van der Waals surface area contributed by atoms with Gasteiger partial charge in [0, 0.05) is 12.2 Å². The number of aryl methyl sites for hydroxylation is 2. The maximum absolute atomic E-state index is 13.7.